The molecular weight excluding hydrogens is 552 g/mol. The summed E-state index contributed by atoms with van der Waals surface area (Å²) in [5.74, 6) is 2.59. The van der Waals surface area contributed by atoms with Gasteiger partial charge in [-0.25, -0.2) is 0 Å². The van der Waals surface area contributed by atoms with Crippen molar-refractivity contribution >= 4 is 5.91 Å². The Bertz CT molecular complexity index is 1360. The summed E-state index contributed by atoms with van der Waals surface area (Å²) in [4.78, 5) is 18.7. The van der Waals surface area contributed by atoms with Gasteiger partial charge in [0.15, 0.2) is 11.5 Å². The van der Waals surface area contributed by atoms with Crippen LogP contribution >= 0.6 is 0 Å². The van der Waals surface area contributed by atoms with Crippen LogP contribution in [0.1, 0.15) is 49.3 Å². The lowest BCUT2D eigenvalue weighted by atomic mass is 10.0. The van der Waals surface area contributed by atoms with Crippen molar-refractivity contribution in [1.29, 1.82) is 0 Å². The molecule has 2 saturated heterocycles. The van der Waals surface area contributed by atoms with Gasteiger partial charge in [0.1, 0.15) is 12.4 Å². The van der Waals surface area contributed by atoms with Crippen molar-refractivity contribution in [2.75, 3.05) is 39.5 Å². The van der Waals surface area contributed by atoms with E-state index in [1.807, 2.05) is 42.5 Å². The molecule has 0 aliphatic carbocycles. The van der Waals surface area contributed by atoms with Gasteiger partial charge in [0.2, 0.25) is 12.7 Å². The van der Waals surface area contributed by atoms with Gasteiger partial charge in [0.05, 0.1) is 6.04 Å². The summed E-state index contributed by atoms with van der Waals surface area (Å²) in [5.41, 5.74) is 3.48. The van der Waals surface area contributed by atoms with E-state index in [2.05, 4.69) is 57.7 Å². The lowest BCUT2D eigenvalue weighted by Crippen LogP contribution is -2.51. The SMILES string of the molecule is CCCN1CCC(N2C[C@@H](NCc3cccc(OCc4ccccc4)c3)C[C@H]2C(=O)NCCc2ccc3c(c2)OCO3)CC1. The van der Waals surface area contributed by atoms with Crippen molar-refractivity contribution in [2.45, 2.75) is 70.3 Å². The predicted molar refractivity (Wildman–Crippen MR) is 172 cm³/mol. The normalized spacial score (nSPS) is 20.6. The molecule has 2 fully saturated rings. The highest BCUT2D eigenvalue weighted by atomic mass is 16.7. The number of rotatable bonds is 13. The highest BCUT2D eigenvalue weighted by Crippen LogP contribution is 2.32. The monoisotopic (exact) mass is 598 g/mol. The third kappa shape index (κ3) is 7.92. The van der Waals surface area contributed by atoms with E-state index in [9.17, 15) is 4.79 Å². The van der Waals surface area contributed by atoms with Gasteiger partial charge in [0, 0.05) is 31.7 Å². The lowest BCUT2D eigenvalue weighted by Gasteiger charge is -2.39. The minimum atomic E-state index is -0.118. The molecule has 2 atom stereocenters. The summed E-state index contributed by atoms with van der Waals surface area (Å²) < 4.78 is 17.0. The molecule has 3 aliphatic rings. The average Bonchev–Trinajstić information content (AvgIpc) is 3.71. The van der Waals surface area contributed by atoms with Gasteiger partial charge < -0.3 is 29.7 Å². The number of likely N-dealkylation sites (tertiary alicyclic amines) is 2. The Hall–Kier alpha value is -3.59. The van der Waals surface area contributed by atoms with Crippen LogP contribution in [0.4, 0.5) is 0 Å². The van der Waals surface area contributed by atoms with Crippen LogP contribution in [-0.2, 0) is 24.4 Å². The molecule has 8 nitrogen and oxygen atoms in total. The van der Waals surface area contributed by atoms with E-state index >= 15 is 0 Å². The number of hydrogen-bond donors (Lipinski definition) is 2. The molecule has 0 bridgehead atoms. The third-order valence-electron chi connectivity index (χ3n) is 9.10. The molecule has 0 radical (unpaired) electrons. The Morgan fingerprint density at radius 2 is 1.75 bits per heavy atom. The minimum absolute atomic E-state index is 0.118. The number of piperidine rings is 1. The molecule has 44 heavy (non-hydrogen) atoms. The van der Waals surface area contributed by atoms with Gasteiger partial charge in [-0.3, -0.25) is 9.69 Å². The van der Waals surface area contributed by atoms with Crippen LogP contribution in [0.25, 0.3) is 0 Å². The van der Waals surface area contributed by atoms with Crippen molar-refractivity contribution in [1.82, 2.24) is 20.4 Å². The Morgan fingerprint density at radius 3 is 2.59 bits per heavy atom. The van der Waals surface area contributed by atoms with Crippen molar-refractivity contribution in [2.24, 2.45) is 0 Å². The zero-order chi connectivity index (χ0) is 30.1. The van der Waals surface area contributed by atoms with Gasteiger partial charge in [-0.1, -0.05) is 55.5 Å². The van der Waals surface area contributed by atoms with Crippen LogP contribution in [-0.4, -0.2) is 73.3 Å². The minimum Gasteiger partial charge on any atom is -0.489 e. The summed E-state index contributed by atoms with van der Waals surface area (Å²) in [7, 11) is 0. The zero-order valence-corrected chi connectivity index (χ0v) is 25.9. The maximum Gasteiger partial charge on any atom is 0.237 e. The second kappa shape index (κ2) is 14.9. The summed E-state index contributed by atoms with van der Waals surface area (Å²) in [6.07, 6.45) is 5.00. The van der Waals surface area contributed by atoms with E-state index in [-0.39, 0.29) is 24.8 Å². The molecule has 3 aromatic carbocycles. The Balaban J connectivity index is 1.04. The van der Waals surface area contributed by atoms with Crippen molar-refractivity contribution in [3.05, 3.63) is 89.5 Å². The fourth-order valence-corrected chi connectivity index (χ4v) is 6.75. The predicted octanol–water partition coefficient (Wildman–Crippen LogP) is 4.76. The number of benzene rings is 3. The molecule has 3 aromatic rings. The number of nitrogens with zero attached hydrogens (tertiary/aromatic N) is 2. The molecule has 8 heteroatoms. The van der Waals surface area contributed by atoms with Gasteiger partial charge in [-0.15, -0.1) is 0 Å². The Labute approximate surface area is 261 Å². The first-order valence-corrected chi connectivity index (χ1v) is 16.3. The molecule has 0 aromatic heterocycles. The van der Waals surface area contributed by atoms with Crippen LogP contribution in [0.5, 0.6) is 17.2 Å². The van der Waals surface area contributed by atoms with E-state index in [0.717, 1.165) is 86.8 Å². The molecule has 2 N–H and O–H groups in total. The smallest absolute Gasteiger partial charge is 0.237 e. The first-order chi connectivity index (χ1) is 21.6. The topological polar surface area (TPSA) is 75.3 Å². The number of carbonyl (C=O) groups is 1. The molecule has 0 spiro atoms. The van der Waals surface area contributed by atoms with Crippen LogP contribution in [0.3, 0.4) is 0 Å². The largest absolute Gasteiger partial charge is 0.489 e. The highest BCUT2D eigenvalue weighted by molar-refractivity contribution is 5.82. The molecule has 3 aliphatic heterocycles. The molecule has 3 heterocycles. The first kappa shape index (κ1) is 30.4. The number of fused-ring (bicyclic) bond motifs is 1. The van der Waals surface area contributed by atoms with Gasteiger partial charge in [-0.05, 0) is 92.7 Å². The number of hydrogen-bond acceptors (Lipinski definition) is 7. The maximum absolute atomic E-state index is 13.6. The quantitative estimate of drug-likeness (QED) is 0.294. The van der Waals surface area contributed by atoms with Crippen LogP contribution < -0.4 is 24.8 Å². The number of amides is 1. The maximum atomic E-state index is 13.6. The van der Waals surface area contributed by atoms with E-state index in [4.69, 9.17) is 14.2 Å². The fourth-order valence-electron chi connectivity index (χ4n) is 6.75. The molecule has 0 saturated carbocycles. The van der Waals surface area contributed by atoms with E-state index < -0.39 is 0 Å². The molecule has 234 valence electrons. The second-order valence-corrected chi connectivity index (χ2v) is 12.2. The van der Waals surface area contributed by atoms with E-state index in [1.54, 1.807) is 0 Å². The number of carbonyl (C=O) groups excluding carboxylic acids is 1. The molecule has 1 amide bonds. The van der Waals surface area contributed by atoms with Gasteiger partial charge in [0.25, 0.3) is 0 Å². The molecule has 6 rings (SSSR count). The molecule has 0 unspecified atom stereocenters. The summed E-state index contributed by atoms with van der Waals surface area (Å²) in [6, 6.07) is 25.2. The van der Waals surface area contributed by atoms with Gasteiger partial charge >= 0.3 is 0 Å². The van der Waals surface area contributed by atoms with Gasteiger partial charge in [-0.2, -0.15) is 0 Å². The Kier molecular flexibility index (Phi) is 10.3. The summed E-state index contributed by atoms with van der Waals surface area (Å²) in [5, 5.41) is 7.04. The second-order valence-electron chi connectivity index (χ2n) is 12.2. The van der Waals surface area contributed by atoms with E-state index in [0.29, 0.717) is 19.2 Å². The van der Waals surface area contributed by atoms with Crippen LogP contribution in [0, 0.1) is 0 Å². The van der Waals surface area contributed by atoms with Crippen molar-refractivity contribution in [3.63, 3.8) is 0 Å². The lowest BCUT2D eigenvalue weighted by molar-refractivity contribution is -0.126. The van der Waals surface area contributed by atoms with E-state index in [1.165, 1.54) is 12.0 Å². The number of ether oxygens (including phenoxy) is 3. The van der Waals surface area contributed by atoms with Crippen molar-refractivity contribution < 1.29 is 19.0 Å². The summed E-state index contributed by atoms with van der Waals surface area (Å²) in [6.45, 7) is 8.70. The fraction of sp³-hybridized carbons (Fsp3) is 0.472. The average molecular weight is 599 g/mol. The van der Waals surface area contributed by atoms with Crippen LogP contribution in [0.15, 0.2) is 72.8 Å². The van der Waals surface area contributed by atoms with Crippen molar-refractivity contribution in [3.8, 4) is 17.2 Å². The third-order valence-corrected chi connectivity index (χ3v) is 9.10. The van der Waals surface area contributed by atoms with Crippen LogP contribution in [0.2, 0.25) is 0 Å². The standard InChI is InChI=1S/C36H46N4O4/c1-2-17-39-18-14-31(15-19-39)40-24-30(38-23-29-9-6-10-32(20-29)42-25-28-7-4-3-5-8-28)22-33(40)36(41)37-16-13-27-11-12-34-35(21-27)44-26-43-34/h3-12,20-21,30-31,33,38H,2,13-19,22-26H2,1H3,(H,37,41)/t30-,33-/m0/s1. The molecular formula is C36H46N4O4. The number of nitrogens with one attached hydrogen (secondary N) is 2. The Morgan fingerprint density at radius 1 is 0.932 bits per heavy atom. The zero-order valence-electron chi connectivity index (χ0n) is 25.9. The highest BCUT2D eigenvalue weighted by Gasteiger charge is 2.41. The first-order valence-electron chi connectivity index (χ1n) is 16.3. The summed E-state index contributed by atoms with van der Waals surface area (Å²) >= 11 is 0.